The van der Waals surface area contributed by atoms with Crippen LogP contribution in [0.5, 0.6) is 0 Å². The van der Waals surface area contributed by atoms with Crippen LogP contribution in [0.1, 0.15) is 42.9 Å². The van der Waals surface area contributed by atoms with E-state index in [0.29, 0.717) is 18.5 Å². The van der Waals surface area contributed by atoms with Gasteiger partial charge in [-0.1, -0.05) is 0 Å². The third-order valence-corrected chi connectivity index (χ3v) is 3.32. The molecule has 1 amide bonds. The minimum Gasteiger partial charge on any atom is -0.350 e. The Morgan fingerprint density at radius 1 is 1.53 bits per heavy atom. The number of aryl methyl sites for hydroxylation is 1. The second kappa shape index (κ2) is 4.09. The smallest absolute Gasteiger partial charge is 0.339 e. The molecule has 1 fully saturated rings. The van der Waals surface area contributed by atoms with E-state index in [9.17, 15) is 13.6 Å². The van der Waals surface area contributed by atoms with Crippen molar-refractivity contribution in [3.8, 4) is 0 Å². The van der Waals surface area contributed by atoms with Crippen molar-refractivity contribution in [2.24, 2.45) is 5.73 Å². The third kappa shape index (κ3) is 2.45. The maximum Gasteiger partial charge on any atom is 0.339 e. The predicted octanol–water partition coefficient (Wildman–Crippen LogP) is 2.41. The predicted molar refractivity (Wildman–Crippen MR) is 58.1 cm³/mol. The highest BCUT2D eigenvalue weighted by Crippen LogP contribution is 2.41. The number of halogens is 2. The maximum absolute atomic E-state index is 13.0. The zero-order valence-electron chi connectivity index (χ0n) is 9.62. The van der Waals surface area contributed by atoms with Gasteiger partial charge >= 0.3 is 6.03 Å². The van der Waals surface area contributed by atoms with Crippen LogP contribution in [-0.2, 0) is 0 Å². The van der Waals surface area contributed by atoms with E-state index >= 15 is 0 Å². The summed E-state index contributed by atoms with van der Waals surface area (Å²) in [6, 6.07) is -0.652. The number of amides is 1. The summed E-state index contributed by atoms with van der Waals surface area (Å²) in [5, 5.41) is 3.98. The molecule has 2 N–H and O–H groups in total. The van der Waals surface area contributed by atoms with Gasteiger partial charge in [0.2, 0.25) is 5.92 Å². The zero-order chi connectivity index (χ0) is 12.6. The lowest BCUT2D eigenvalue weighted by molar-refractivity contribution is -0.0382. The third-order valence-electron chi connectivity index (χ3n) is 3.32. The summed E-state index contributed by atoms with van der Waals surface area (Å²) < 4.78 is 27.1. The first kappa shape index (κ1) is 12.0. The molecule has 17 heavy (non-hydrogen) atoms. The van der Waals surface area contributed by atoms with Gasteiger partial charge in [-0.15, -0.1) is 0 Å². The second-order valence-electron chi connectivity index (χ2n) is 4.58. The highest BCUT2D eigenvalue weighted by atomic mass is 19.3. The van der Waals surface area contributed by atoms with Gasteiger partial charge in [-0.25, -0.2) is 13.6 Å². The normalized spacial score (nSPS) is 20.4. The van der Waals surface area contributed by atoms with Crippen molar-refractivity contribution < 1.29 is 13.6 Å². The Morgan fingerprint density at radius 2 is 2.12 bits per heavy atom. The summed E-state index contributed by atoms with van der Waals surface area (Å²) in [4.78, 5) is 11.0. The Kier molecular flexibility index (Phi) is 2.89. The van der Waals surface area contributed by atoms with Crippen LogP contribution in [0.3, 0.4) is 0 Å². The number of hydrogen-bond acceptors (Lipinski definition) is 2. The van der Waals surface area contributed by atoms with Gasteiger partial charge in [0.05, 0.1) is 5.69 Å². The molecule has 0 aromatic carbocycles. The first-order valence-corrected chi connectivity index (χ1v) is 5.63. The molecule has 0 spiro atoms. The highest BCUT2D eigenvalue weighted by molar-refractivity contribution is 5.73. The summed E-state index contributed by atoms with van der Waals surface area (Å²) >= 11 is 0. The number of primary amides is 1. The lowest BCUT2D eigenvalue weighted by Crippen LogP contribution is -2.23. The average molecular weight is 243 g/mol. The van der Waals surface area contributed by atoms with Gasteiger partial charge in [-0.3, -0.25) is 0 Å². The molecule has 6 heteroatoms. The number of rotatable bonds is 1. The molecule has 2 rings (SSSR count). The number of hydrogen-bond donors (Lipinski definition) is 1. The Bertz CT molecular complexity index is 432. The van der Waals surface area contributed by atoms with Crippen molar-refractivity contribution in [3.63, 3.8) is 0 Å². The highest BCUT2D eigenvalue weighted by Gasteiger charge is 2.36. The topological polar surface area (TPSA) is 60.9 Å². The molecule has 1 aliphatic rings. The number of carbonyl (C=O) groups is 1. The van der Waals surface area contributed by atoms with Gasteiger partial charge in [0, 0.05) is 19.0 Å². The van der Waals surface area contributed by atoms with E-state index < -0.39 is 12.0 Å². The van der Waals surface area contributed by atoms with E-state index in [1.54, 1.807) is 13.1 Å². The van der Waals surface area contributed by atoms with E-state index in [1.807, 2.05) is 0 Å². The van der Waals surface area contributed by atoms with Gasteiger partial charge in [0.15, 0.2) is 0 Å². The van der Waals surface area contributed by atoms with Crippen molar-refractivity contribution >= 4 is 6.03 Å². The van der Waals surface area contributed by atoms with Crippen LogP contribution in [0.25, 0.3) is 0 Å². The van der Waals surface area contributed by atoms with Crippen LogP contribution in [-0.4, -0.2) is 21.7 Å². The van der Waals surface area contributed by atoms with Crippen LogP contribution < -0.4 is 5.73 Å². The molecule has 1 heterocycles. The van der Waals surface area contributed by atoms with E-state index in [-0.39, 0.29) is 18.8 Å². The lowest BCUT2D eigenvalue weighted by atomic mass is 9.82. The first-order valence-electron chi connectivity index (χ1n) is 5.63. The van der Waals surface area contributed by atoms with Gasteiger partial charge in [0.25, 0.3) is 0 Å². The lowest BCUT2D eigenvalue weighted by Gasteiger charge is -2.27. The van der Waals surface area contributed by atoms with Gasteiger partial charge in [0.1, 0.15) is 0 Å². The van der Waals surface area contributed by atoms with E-state index in [0.717, 1.165) is 10.2 Å². The van der Waals surface area contributed by atoms with Crippen LogP contribution >= 0.6 is 0 Å². The monoisotopic (exact) mass is 243 g/mol. The Hall–Kier alpha value is -1.46. The van der Waals surface area contributed by atoms with Crippen molar-refractivity contribution in [2.75, 3.05) is 0 Å². The fourth-order valence-corrected chi connectivity index (χ4v) is 2.34. The summed E-state index contributed by atoms with van der Waals surface area (Å²) in [6.07, 6.45) is 2.22. The Labute approximate surface area is 97.8 Å². The molecule has 1 aromatic rings. The van der Waals surface area contributed by atoms with E-state index in [1.165, 1.54) is 0 Å². The number of carbonyl (C=O) groups excluding carboxylic acids is 1. The molecule has 0 unspecified atom stereocenters. The van der Waals surface area contributed by atoms with Crippen molar-refractivity contribution in [1.29, 1.82) is 0 Å². The van der Waals surface area contributed by atoms with Crippen molar-refractivity contribution in [2.45, 2.75) is 44.4 Å². The quantitative estimate of drug-likeness (QED) is 0.823. The van der Waals surface area contributed by atoms with E-state index in [4.69, 9.17) is 5.73 Å². The molecule has 0 atom stereocenters. The molecule has 1 aromatic heterocycles. The maximum atomic E-state index is 13.0. The fraction of sp³-hybridized carbons (Fsp3) is 0.636. The molecular formula is C11H15F2N3O. The average Bonchev–Trinajstić information content (AvgIpc) is 2.61. The summed E-state index contributed by atoms with van der Waals surface area (Å²) in [7, 11) is 0. The number of nitrogens with zero attached hydrogens (tertiary/aromatic N) is 2. The molecule has 0 saturated heterocycles. The largest absolute Gasteiger partial charge is 0.350 e. The van der Waals surface area contributed by atoms with Crippen LogP contribution in [0.2, 0.25) is 0 Å². The van der Waals surface area contributed by atoms with Crippen LogP contribution in [0.4, 0.5) is 13.6 Å². The minimum absolute atomic E-state index is 0.0581. The molecular weight excluding hydrogens is 228 g/mol. The molecule has 0 aliphatic heterocycles. The molecule has 0 radical (unpaired) electrons. The number of alkyl halides is 2. The molecule has 1 saturated carbocycles. The molecule has 0 bridgehead atoms. The van der Waals surface area contributed by atoms with Gasteiger partial charge < -0.3 is 5.73 Å². The van der Waals surface area contributed by atoms with Crippen LogP contribution in [0, 0.1) is 6.92 Å². The second-order valence-corrected chi connectivity index (χ2v) is 4.58. The Balaban J connectivity index is 2.16. The molecule has 4 nitrogen and oxygen atoms in total. The summed E-state index contributed by atoms with van der Waals surface area (Å²) in [5.41, 5.74) is 6.66. The summed E-state index contributed by atoms with van der Waals surface area (Å²) in [5.74, 6) is -2.48. The first-order chi connectivity index (χ1) is 7.89. The number of nitrogens with two attached hydrogens (primary N) is 1. The van der Waals surface area contributed by atoms with Crippen LogP contribution in [0.15, 0.2) is 6.20 Å². The van der Waals surface area contributed by atoms with E-state index in [2.05, 4.69) is 5.10 Å². The Morgan fingerprint density at radius 3 is 2.59 bits per heavy atom. The van der Waals surface area contributed by atoms with Crippen molar-refractivity contribution in [1.82, 2.24) is 9.78 Å². The summed E-state index contributed by atoms with van der Waals surface area (Å²) in [6.45, 7) is 1.77. The van der Waals surface area contributed by atoms with Crippen molar-refractivity contribution in [3.05, 3.63) is 17.5 Å². The molecule has 94 valence electrons. The van der Waals surface area contributed by atoms with Gasteiger partial charge in [-0.2, -0.15) is 9.78 Å². The zero-order valence-corrected chi connectivity index (χ0v) is 9.62. The standard InChI is InChI=1S/C11H15F2N3O/c1-7-9(6-16(15-7)10(14)17)8-2-4-11(12,13)5-3-8/h6,8H,2-5H2,1H3,(H2,14,17). The van der Waals surface area contributed by atoms with Gasteiger partial charge in [-0.05, 0) is 31.2 Å². The SMILES string of the molecule is Cc1nn(C(N)=O)cc1C1CCC(F)(F)CC1. The molecule has 1 aliphatic carbocycles. The minimum atomic E-state index is -2.54. The number of aromatic nitrogens is 2. The fourth-order valence-electron chi connectivity index (χ4n) is 2.34.